The van der Waals surface area contributed by atoms with Crippen LogP contribution < -0.4 is 4.90 Å². The first-order valence-electron chi connectivity index (χ1n) is 9.02. The van der Waals surface area contributed by atoms with Crippen LogP contribution in [-0.4, -0.2) is 27.3 Å². The molecule has 25 heavy (non-hydrogen) atoms. The molecule has 5 heteroatoms. The highest BCUT2D eigenvalue weighted by molar-refractivity contribution is 5.97. The number of carbonyl (C=O) groups is 1. The second-order valence-electron chi connectivity index (χ2n) is 7.34. The Balaban J connectivity index is 1.86. The molecular formula is C20H27N3O2. The zero-order valence-electron chi connectivity index (χ0n) is 15.5. The smallest absolute Gasteiger partial charge is 0.231 e. The first-order valence-corrected chi connectivity index (χ1v) is 9.02. The molecule has 0 fully saturated rings. The van der Waals surface area contributed by atoms with Gasteiger partial charge in [0, 0.05) is 24.3 Å². The van der Waals surface area contributed by atoms with Crippen molar-refractivity contribution in [3.05, 3.63) is 40.7 Å². The fourth-order valence-corrected chi connectivity index (χ4v) is 3.64. The van der Waals surface area contributed by atoms with Crippen LogP contribution >= 0.6 is 0 Å². The van der Waals surface area contributed by atoms with Gasteiger partial charge in [0.15, 0.2) is 0 Å². The lowest BCUT2D eigenvalue weighted by atomic mass is 9.99. The number of aromatic nitrogens is 2. The molecular weight excluding hydrogens is 314 g/mol. The predicted molar refractivity (Wildman–Crippen MR) is 99.0 cm³/mol. The number of hydrogen-bond acceptors (Lipinski definition) is 3. The first kappa shape index (κ1) is 17.5. The number of benzene rings is 1. The molecule has 0 spiro atoms. The third-order valence-corrected chi connectivity index (χ3v) is 4.89. The van der Waals surface area contributed by atoms with Crippen molar-refractivity contribution in [2.45, 2.75) is 53.5 Å². The summed E-state index contributed by atoms with van der Waals surface area (Å²) in [6, 6.07) is 5.49. The van der Waals surface area contributed by atoms with E-state index in [4.69, 9.17) is 0 Å². The highest BCUT2D eigenvalue weighted by Crippen LogP contribution is 2.35. The Bertz CT molecular complexity index is 792. The van der Waals surface area contributed by atoms with Crippen LogP contribution in [0.2, 0.25) is 0 Å². The zero-order chi connectivity index (χ0) is 18.1. The van der Waals surface area contributed by atoms with Crippen molar-refractivity contribution >= 4 is 11.6 Å². The van der Waals surface area contributed by atoms with Gasteiger partial charge in [0.25, 0.3) is 0 Å². The van der Waals surface area contributed by atoms with Gasteiger partial charge < -0.3 is 10.0 Å². The van der Waals surface area contributed by atoms with Crippen molar-refractivity contribution in [3.8, 4) is 5.75 Å². The van der Waals surface area contributed by atoms with Crippen LogP contribution in [0.15, 0.2) is 18.2 Å². The maximum Gasteiger partial charge on any atom is 0.231 e. The average molecular weight is 341 g/mol. The number of hydrogen-bond donors (Lipinski definition) is 1. The van der Waals surface area contributed by atoms with Crippen LogP contribution in [-0.2, 0) is 24.2 Å². The number of anilines is 1. The molecule has 0 atom stereocenters. The summed E-state index contributed by atoms with van der Waals surface area (Å²) in [4.78, 5) is 14.7. The molecule has 0 aliphatic carbocycles. The number of phenols is 1. The monoisotopic (exact) mass is 341 g/mol. The molecule has 1 amide bonds. The summed E-state index contributed by atoms with van der Waals surface area (Å²) in [5, 5.41) is 14.9. The van der Waals surface area contributed by atoms with E-state index in [-0.39, 0.29) is 11.7 Å². The summed E-state index contributed by atoms with van der Waals surface area (Å²) >= 11 is 0. The molecule has 0 radical (unpaired) electrons. The third-order valence-electron chi connectivity index (χ3n) is 4.89. The Labute approximate surface area is 149 Å². The van der Waals surface area contributed by atoms with E-state index in [1.807, 2.05) is 30.7 Å². The average Bonchev–Trinajstić information content (AvgIpc) is 2.81. The molecule has 0 saturated carbocycles. The Morgan fingerprint density at radius 2 is 2.08 bits per heavy atom. The maximum atomic E-state index is 13.0. The van der Waals surface area contributed by atoms with Gasteiger partial charge in [-0.2, -0.15) is 5.10 Å². The van der Waals surface area contributed by atoms with Crippen LogP contribution in [0, 0.1) is 19.8 Å². The van der Waals surface area contributed by atoms with Crippen molar-refractivity contribution in [2.24, 2.45) is 5.92 Å². The van der Waals surface area contributed by atoms with Crippen molar-refractivity contribution in [3.63, 3.8) is 0 Å². The maximum absolute atomic E-state index is 13.0. The number of para-hydroxylation sites is 1. The van der Waals surface area contributed by atoms with Gasteiger partial charge in [-0.15, -0.1) is 0 Å². The fraction of sp³-hybridized carbons (Fsp3) is 0.500. The summed E-state index contributed by atoms with van der Waals surface area (Å²) in [5.41, 5.74) is 4.72. The van der Waals surface area contributed by atoms with E-state index in [9.17, 15) is 9.90 Å². The lowest BCUT2D eigenvalue weighted by Gasteiger charge is -2.30. The third kappa shape index (κ3) is 3.41. The molecule has 0 bridgehead atoms. The van der Waals surface area contributed by atoms with E-state index in [1.165, 1.54) is 0 Å². The van der Waals surface area contributed by atoms with Crippen molar-refractivity contribution in [1.29, 1.82) is 0 Å². The number of nitrogens with zero attached hydrogens (tertiary/aromatic N) is 3. The van der Waals surface area contributed by atoms with E-state index in [0.717, 1.165) is 41.9 Å². The van der Waals surface area contributed by atoms with Gasteiger partial charge in [-0.05, 0) is 44.2 Å². The summed E-state index contributed by atoms with van der Waals surface area (Å²) in [6.07, 6.45) is 2.15. The second-order valence-corrected chi connectivity index (χ2v) is 7.34. The predicted octanol–water partition coefficient (Wildman–Crippen LogP) is 3.38. The van der Waals surface area contributed by atoms with Crippen molar-refractivity contribution in [1.82, 2.24) is 9.78 Å². The molecule has 2 aromatic rings. The van der Waals surface area contributed by atoms with E-state index in [0.29, 0.717) is 24.6 Å². The minimum Gasteiger partial charge on any atom is -0.506 e. The van der Waals surface area contributed by atoms with Crippen LogP contribution in [0.3, 0.4) is 0 Å². The molecule has 5 nitrogen and oxygen atoms in total. The number of carbonyl (C=O) groups excluding carboxylic acids is 1. The number of aryl methyl sites for hydroxylation is 2. The molecule has 1 aliphatic heterocycles. The van der Waals surface area contributed by atoms with Gasteiger partial charge in [-0.1, -0.05) is 26.0 Å². The standard InChI is InChI=1S/C20H27N3O2/c1-13(2)12-23-15(4)17(14(3)21-23)11-19(25)22-10-6-8-16-7-5-9-18(24)20(16)22/h5,7,9,13,24H,6,8,10-12H2,1-4H3. The minimum atomic E-state index is 0.0257. The van der Waals surface area contributed by atoms with Crippen LogP contribution in [0.25, 0.3) is 0 Å². The van der Waals surface area contributed by atoms with Gasteiger partial charge in [-0.25, -0.2) is 0 Å². The normalized spacial score (nSPS) is 14.0. The van der Waals surface area contributed by atoms with Crippen LogP contribution in [0.1, 0.15) is 42.8 Å². The summed E-state index contributed by atoms with van der Waals surface area (Å²) in [7, 11) is 0. The topological polar surface area (TPSA) is 58.4 Å². The number of phenolic OH excluding ortho intramolecular Hbond substituents is 1. The molecule has 0 saturated heterocycles. The van der Waals surface area contributed by atoms with Crippen LogP contribution in [0.5, 0.6) is 5.75 Å². The van der Waals surface area contributed by atoms with Crippen LogP contribution in [0.4, 0.5) is 5.69 Å². The number of aromatic hydroxyl groups is 1. The molecule has 1 aromatic carbocycles. The summed E-state index contributed by atoms with van der Waals surface area (Å²) < 4.78 is 2.00. The number of rotatable bonds is 4. The Morgan fingerprint density at radius 1 is 1.32 bits per heavy atom. The molecule has 1 N–H and O–H groups in total. The molecule has 134 valence electrons. The van der Waals surface area contributed by atoms with Gasteiger partial charge in [0.05, 0.1) is 17.8 Å². The fourth-order valence-electron chi connectivity index (χ4n) is 3.64. The highest BCUT2D eigenvalue weighted by Gasteiger charge is 2.27. The number of fused-ring (bicyclic) bond motifs is 1. The number of amides is 1. The van der Waals surface area contributed by atoms with Gasteiger partial charge in [0.1, 0.15) is 5.75 Å². The van der Waals surface area contributed by atoms with Gasteiger partial charge >= 0.3 is 0 Å². The molecule has 2 heterocycles. The van der Waals surface area contributed by atoms with Crippen molar-refractivity contribution < 1.29 is 9.90 Å². The second kappa shape index (κ2) is 6.90. The lowest BCUT2D eigenvalue weighted by Crippen LogP contribution is -2.36. The van der Waals surface area contributed by atoms with E-state index < -0.39 is 0 Å². The van der Waals surface area contributed by atoms with E-state index in [2.05, 4.69) is 18.9 Å². The van der Waals surface area contributed by atoms with Crippen molar-refractivity contribution in [2.75, 3.05) is 11.4 Å². The van der Waals surface area contributed by atoms with Gasteiger partial charge in [0.2, 0.25) is 5.91 Å². The SMILES string of the molecule is Cc1nn(CC(C)C)c(C)c1CC(=O)N1CCCc2cccc(O)c21. The summed E-state index contributed by atoms with van der Waals surface area (Å²) in [5.74, 6) is 0.722. The Morgan fingerprint density at radius 3 is 2.80 bits per heavy atom. The van der Waals surface area contributed by atoms with E-state index in [1.54, 1.807) is 11.0 Å². The summed E-state index contributed by atoms with van der Waals surface area (Å²) in [6.45, 7) is 9.83. The molecule has 3 rings (SSSR count). The molecule has 1 aromatic heterocycles. The van der Waals surface area contributed by atoms with Gasteiger partial charge in [-0.3, -0.25) is 9.48 Å². The lowest BCUT2D eigenvalue weighted by molar-refractivity contribution is -0.118. The Kier molecular flexibility index (Phi) is 4.84. The first-order chi connectivity index (χ1) is 11.9. The molecule has 0 unspecified atom stereocenters. The molecule has 1 aliphatic rings. The minimum absolute atomic E-state index is 0.0257. The quantitative estimate of drug-likeness (QED) is 0.927. The van der Waals surface area contributed by atoms with E-state index >= 15 is 0 Å². The zero-order valence-corrected chi connectivity index (χ0v) is 15.5. The highest BCUT2D eigenvalue weighted by atomic mass is 16.3. The Hall–Kier alpha value is -2.30. The largest absolute Gasteiger partial charge is 0.506 e.